The van der Waals surface area contributed by atoms with Crippen molar-refractivity contribution in [1.29, 1.82) is 0 Å². The van der Waals surface area contributed by atoms with Crippen molar-refractivity contribution in [2.45, 2.75) is 13.3 Å². The van der Waals surface area contributed by atoms with E-state index in [1.54, 1.807) is 19.1 Å². The van der Waals surface area contributed by atoms with Gasteiger partial charge in [0, 0.05) is 11.1 Å². The zero-order chi connectivity index (χ0) is 14.3. The van der Waals surface area contributed by atoms with Crippen LogP contribution in [0.4, 0.5) is 0 Å². The number of hydrogen-bond donors (Lipinski definition) is 1. The molecule has 1 rings (SSSR count). The van der Waals surface area contributed by atoms with E-state index in [2.05, 4.69) is 6.58 Å². The summed E-state index contributed by atoms with van der Waals surface area (Å²) in [5, 5.41) is 8.67. The van der Waals surface area contributed by atoms with Gasteiger partial charge in [-0.15, -0.1) is 6.58 Å². The summed E-state index contributed by atoms with van der Waals surface area (Å²) in [5.41, 5.74) is 1.12. The average Bonchev–Trinajstić information content (AvgIpc) is 2.37. The van der Waals surface area contributed by atoms with Crippen LogP contribution in [-0.2, 0) is 11.2 Å². The molecule has 0 aromatic heterocycles. The fourth-order valence-electron chi connectivity index (χ4n) is 1.62. The van der Waals surface area contributed by atoms with Crippen LogP contribution in [0.25, 0.3) is 0 Å². The Morgan fingerprint density at radius 3 is 2.68 bits per heavy atom. The Balaban J connectivity index is 3.21. The third-order valence-corrected chi connectivity index (χ3v) is 2.29. The fraction of sp³-hybridized carbons (Fsp3) is 0.286. The summed E-state index contributed by atoms with van der Waals surface area (Å²) >= 11 is 0. The largest absolute Gasteiger partial charge is 0.490 e. The number of rotatable bonds is 8. The first-order valence-electron chi connectivity index (χ1n) is 5.82. The van der Waals surface area contributed by atoms with Crippen molar-refractivity contribution in [2.24, 2.45) is 0 Å². The number of carbonyl (C=O) groups excluding carboxylic acids is 1. The van der Waals surface area contributed by atoms with E-state index in [-0.39, 0.29) is 0 Å². The zero-order valence-electron chi connectivity index (χ0n) is 10.7. The number of hydrogen-bond acceptors (Lipinski definition) is 4. The highest BCUT2D eigenvalue weighted by Gasteiger charge is 2.14. The molecule has 0 unspecified atom stereocenters. The molecule has 0 aliphatic rings. The SMILES string of the molecule is C=CCc1cc(C=O)cc(OCC)c1OCC(=O)O. The average molecular weight is 264 g/mol. The molecule has 0 aliphatic heterocycles. The molecule has 19 heavy (non-hydrogen) atoms. The predicted octanol–water partition coefficient (Wildman–Crippen LogP) is 2.09. The molecular formula is C14H16O5. The number of benzene rings is 1. The third kappa shape index (κ3) is 4.13. The first-order chi connectivity index (χ1) is 9.12. The van der Waals surface area contributed by atoms with Crippen LogP contribution in [-0.4, -0.2) is 30.6 Å². The summed E-state index contributed by atoms with van der Waals surface area (Å²) in [5.74, 6) is -0.369. The van der Waals surface area contributed by atoms with Gasteiger partial charge in [-0.3, -0.25) is 4.79 Å². The standard InChI is InChI=1S/C14H16O5/c1-3-5-11-6-10(8-15)7-12(18-4-2)14(11)19-9-13(16)17/h3,6-8H,1,4-5,9H2,2H3,(H,16,17). The molecule has 5 nitrogen and oxygen atoms in total. The van der Waals surface area contributed by atoms with E-state index in [4.69, 9.17) is 14.6 Å². The molecule has 1 aromatic rings. The molecular weight excluding hydrogens is 248 g/mol. The number of carboxylic acid groups (broad SMARTS) is 1. The summed E-state index contributed by atoms with van der Waals surface area (Å²) in [4.78, 5) is 21.5. The molecule has 0 heterocycles. The van der Waals surface area contributed by atoms with Gasteiger partial charge < -0.3 is 14.6 Å². The number of carbonyl (C=O) groups is 2. The molecule has 0 saturated heterocycles. The van der Waals surface area contributed by atoms with Crippen molar-refractivity contribution in [1.82, 2.24) is 0 Å². The Hall–Kier alpha value is -2.30. The molecule has 102 valence electrons. The van der Waals surface area contributed by atoms with Crippen LogP contribution in [0, 0.1) is 0 Å². The van der Waals surface area contributed by atoms with Gasteiger partial charge in [0.2, 0.25) is 0 Å². The zero-order valence-corrected chi connectivity index (χ0v) is 10.7. The van der Waals surface area contributed by atoms with E-state index >= 15 is 0 Å². The molecule has 0 aliphatic carbocycles. The van der Waals surface area contributed by atoms with Gasteiger partial charge in [0.05, 0.1) is 6.61 Å². The quantitative estimate of drug-likeness (QED) is 0.575. The maximum absolute atomic E-state index is 10.9. The molecule has 1 aromatic carbocycles. The van der Waals surface area contributed by atoms with Crippen molar-refractivity contribution in [3.05, 3.63) is 35.9 Å². The number of aliphatic carboxylic acids is 1. The Kier molecular flexibility index (Phi) is 5.60. The second-order valence-electron chi connectivity index (χ2n) is 3.73. The number of carboxylic acids is 1. The van der Waals surface area contributed by atoms with E-state index in [1.165, 1.54) is 6.07 Å². The monoisotopic (exact) mass is 264 g/mol. The van der Waals surface area contributed by atoms with Gasteiger partial charge >= 0.3 is 5.97 Å². The topological polar surface area (TPSA) is 72.8 Å². The molecule has 0 fully saturated rings. The maximum Gasteiger partial charge on any atom is 0.341 e. The lowest BCUT2D eigenvalue weighted by molar-refractivity contribution is -0.139. The molecule has 0 amide bonds. The van der Waals surface area contributed by atoms with Gasteiger partial charge in [0.1, 0.15) is 6.29 Å². The van der Waals surface area contributed by atoms with Crippen LogP contribution < -0.4 is 9.47 Å². The number of allylic oxidation sites excluding steroid dienone is 1. The van der Waals surface area contributed by atoms with Crippen molar-refractivity contribution in [2.75, 3.05) is 13.2 Å². The highest BCUT2D eigenvalue weighted by molar-refractivity contribution is 5.77. The van der Waals surface area contributed by atoms with Crippen LogP contribution >= 0.6 is 0 Å². The Morgan fingerprint density at radius 1 is 1.42 bits per heavy atom. The molecule has 0 bridgehead atoms. The van der Waals surface area contributed by atoms with E-state index in [0.29, 0.717) is 41.9 Å². The highest BCUT2D eigenvalue weighted by atomic mass is 16.5. The van der Waals surface area contributed by atoms with Crippen LogP contribution in [0.2, 0.25) is 0 Å². The van der Waals surface area contributed by atoms with Crippen molar-refractivity contribution < 1.29 is 24.2 Å². The second kappa shape index (κ2) is 7.20. The number of aldehydes is 1. The fourth-order valence-corrected chi connectivity index (χ4v) is 1.62. The minimum atomic E-state index is -1.08. The second-order valence-corrected chi connectivity index (χ2v) is 3.73. The van der Waals surface area contributed by atoms with Crippen LogP contribution in [0.5, 0.6) is 11.5 Å². The molecule has 1 N–H and O–H groups in total. The van der Waals surface area contributed by atoms with Gasteiger partial charge in [-0.1, -0.05) is 6.08 Å². The smallest absolute Gasteiger partial charge is 0.341 e. The lowest BCUT2D eigenvalue weighted by Gasteiger charge is -2.15. The molecule has 0 spiro atoms. The van der Waals surface area contributed by atoms with Crippen molar-refractivity contribution in [3.8, 4) is 11.5 Å². The lowest BCUT2D eigenvalue weighted by Crippen LogP contribution is -2.12. The Labute approximate surface area is 111 Å². The summed E-state index contributed by atoms with van der Waals surface area (Å²) in [7, 11) is 0. The van der Waals surface area contributed by atoms with E-state index < -0.39 is 12.6 Å². The third-order valence-electron chi connectivity index (χ3n) is 2.29. The molecule has 0 saturated carbocycles. The van der Waals surface area contributed by atoms with Gasteiger partial charge in [-0.05, 0) is 25.5 Å². The predicted molar refractivity (Wildman–Crippen MR) is 70.0 cm³/mol. The summed E-state index contributed by atoms with van der Waals surface area (Å²) in [6.45, 7) is 5.34. The Morgan fingerprint density at radius 2 is 2.16 bits per heavy atom. The summed E-state index contributed by atoms with van der Waals surface area (Å²) in [6, 6.07) is 3.16. The summed E-state index contributed by atoms with van der Waals surface area (Å²) in [6.07, 6.45) is 2.81. The van der Waals surface area contributed by atoms with E-state index in [1.807, 2.05) is 0 Å². The van der Waals surface area contributed by atoms with Crippen LogP contribution in [0.1, 0.15) is 22.8 Å². The van der Waals surface area contributed by atoms with Crippen molar-refractivity contribution >= 4 is 12.3 Å². The minimum Gasteiger partial charge on any atom is -0.490 e. The van der Waals surface area contributed by atoms with Gasteiger partial charge in [-0.25, -0.2) is 4.79 Å². The minimum absolute atomic E-state index is 0.342. The lowest BCUT2D eigenvalue weighted by atomic mass is 10.1. The first-order valence-corrected chi connectivity index (χ1v) is 5.82. The number of ether oxygens (including phenoxy) is 2. The molecule has 5 heteroatoms. The van der Waals surface area contributed by atoms with Crippen LogP contribution in [0.3, 0.4) is 0 Å². The Bertz CT molecular complexity index is 479. The molecule has 0 atom stereocenters. The maximum atomic E-state index is 10.9. The van der Waals surface area contributed by atoms with E-state index in [0.717, 1.165) is 0 Å². The van der Waals surface area contributed by atoms with E-state index in [9.17, 15) is 9.59 Å². The van der Waals surface area contributed by atoms with Crippen molar-refractivity contribution in [3.63, 3.8) is 0 Å². The highest BCUT2D eigenvalue weighted by Crippen LogP contribution is 2.33. The molecule has 0 radical (unpaired) electrons. The van der Waals surface area contributed by atoms with Gasteiger partial charge in [0.15, 0.2) is 18.1 Å². The normalized spacial score (nSPS) is 9.74. The summed E-state index contributed by atoms with van der Waals surface area (Å²) < 4.78 is 10.6. The van der Waals surface area contributed by atoms with Gasteiger partial charge in [-0.2, -0.15) is 0 Å². The van der Waals surface area contributed by atoms with Gasteiger partial charge in [0.25, 0.3) is 0 Å². The van der Waals surface area contributed by atoms with Crippen LogP contribution in [0.15, 0.2) is 24.8 Å². The first kappa shape index (κ1) is 14.8.